The van der Waals surface area contributed by atoms with Gasteiger partial charge in [-0.1, -0.05) is 66.6 Å². The van der Waals surface area contributed by atoms with Crippen LogP contribution in [0, 0.1) is 19.8 Å². The molecule has 2 aromatic rings. The molecule has 30 heavy (non-hydrogen) atoms. The highest BCUT2D eigenvalue weighted by molar-refractivity contribution is 5.95. The molecule has 2 fully saturated rings. The third-order valence-corrected chi connectivity index (χ3v) is 6.75. The van der Waals surface area contributed by atoms with Crippen LogP contribution in [0.25, 0.3) is 0 Å². The largest absolute Gasteiger partial charge is 0.328 e. The second-order valence-electron chi connectivity index (χ2n) is 9.20. The number of rotatable bonds is 4. The van der Waals surface area contributed by atoms with Crippen molar-refractivity contribution >= 4 is 11.8 Å². The summed E-state index contributed by atoms with van der Waals surface area (Å²) < 4.78 is 0. The van der Waals surface area contributed by atoms with E-state index < -0.39 is 6.04 Å². The van der Waals surface area contributed by atoms with Crippen molar-refractivity contribution in [3.8, 4) is 0 Å². The van der Waals surface area contributed by atoms with Crippen LogP contribution in [0.1, 0.15) is 60.9 Å². The quantitative estimate of drug-likeness (QED) is 0.735. The van der Waals surface area contributed by atoms with Crippen LogP contribution >= 0.6 is 0 Å². The van der Waals surface area contributed by atoms with Gasteiger partial charge in [-0.2, -0.15) is 0 Å². The first kappa shape index (κ1) is 20.6. The van der Waals surface area contributed by atoms with E-state index in [1.54, 1.807) is 4.90 Å². The molecule has 0 N–H and O–H groups in total. The molecule has 4 nitrogen and oxygen atoms in total. The van der Waals surface area contributed by atoms with E-state index in [4.69, 9.17) is 0 Å². The van der Waals surface area contributed by atoms with Crippen LogP contribution < -0.4 is 0 Å². The predicted molar refractivity (Wildman–Crippen MR) is 119 cm³/mol. The minimum absolute atomic E-state index is 0.0411. The number of piperazine rings is 1. The average Bonchev–Trinajstić information content (AvgIpc) is 2.74. The maximum atomic E-state index is 13.7. The Morgan fingerprint density at radius 2 is 1.40 bits per heavy atom. The minimum Gasteiger partial charge on any atom is -0.328 e. The molecule has 2 aliphatic rings. The number of nitrogens with zero attached hydrogens (tertiary/aromatic N) is 2. The Bertz CT molecular complexity index is 896. The van der Waals surface area contributed by atoms with Crippen LogP contribution in [0.15, 0.2) is 48.5 Å². The van der Waals surface area contributed by atoms with Gasteiger partial charge in [0.05, 0.1) is 0 Å². The van der Waals surface area contributed by atoms with Gasteiger partial charge < -0.3 is 9.80 Å². The number of aryl methyl sites for hydroxylation is 2. The first-order valence-electron chi connectivity index (χ1n) is 11.1. The van der Waals surface area contributed by atoms with Crippen LogP contribution in [-0.4, -0.2) is 34.2 Å². The Kier molecular flexibility index (Phi) is 5.94. The van der Waals surface area contributed by atoms with Gasteiger partial charge in [0.2, 0.25) is 5.91 Å². The third kappa shape index (κ3) is 4.28. The second kappa shape index (κ2) is 8.63. The Morgan fingerprint density at radius 3 is 2.00 bits per heavy atom. The summed E-state index contributed by atoms with van der Waals surface area (Å²) in [5.74, 6) is 0.826. The van der Waals surface area contributed by atoms with Crippen LogP contribution in [0.3, 0.4) is 0 Å². The SMILES string of the molecule is Cc1ccc(CN2C(=O)CN(C3CCC(C)CC3)C(=O)[C@@H]2c2ccc(C)cc2)cc1. The van der Waals surface area contributed by atoms with Crippen LogP contribution in [0.2, 0.25) is 0 Å². The zero-order valence-electron chi connectivity index (χ0n) is 18.3. The van der Waals surface area contributed by atoms with Gasteiger partial charge in [0, 0.05) is 12.6 Å². The molecule has 0 aromatic heterocycles. The lowest BCUT2D eigenvalue weighted by atomic mass is 9.85. The van der Waals surface area contributed by atoms with E-state index in [2.05, 4.69) is 26.0 Å². The molecule has 0 unspecified atom stereocenters. The normalized spacial score (nSPS) is 25.0. The Balaban J connectivity index is 1.65. The Labute approximate surface area is 179 Å². The van der Waals surface area contributed by atoms with Gasteiger partial charge in [-0.05, 0) is 56.6 Å². The lowest BCUT2D eigenvalue weighted by Crippen LogP contribution is -2.58. The van der Waals surface area contributed by atoms with Crippen molar-refractivity contribution in [2.45, 2.75) is 65.1 Å². The highest BCUT2D eigenvalue weighted by atomic mass is 16.2. The van der Waals surface area contributed by atoms with Crippen LogP contribution in [0.5, 0.6) is 0 Å². The highest BCUT2D eigenvalue weighted by Gasteiger charge is 2.43. The van der Waals surface area contributed by atoms with Crippen molar-refractivity contribution in [2.24, 2.45) is 5.92 Å². The maximum Gasteiger partial charge on any atom is 0.250 e. The van der Waals surface area contributed by atoms with Crippen LogP contribution in [-0.2, 0) is 16.1 Å². The van der Waals surface area contributed by atoms with Gasteiger partial charge in [0.1, 0.15) is 12.6 Å². The zero-order valence-corrected chi connectivity index (χ0v) is 18.3. The molecule has 0 radical (unpaired) electrons. The molecule has 1 saturated heterocycles. The average molecular weight is 405 g/mol. The Hall–Kier alpha value is -2.62. The van der Waals surface area contributed by atoms with E-state index in [1.807, 2.05) is 48.2 Å². The molecule has 1 heterocycles. The van der Waals surface area contributed by atoms with Gasteiger partial charge in [0.25, 0.3) is 5.91 Å². The molecular weight excluding hydrogens is 372 g/mol. The molecule has 0 bridgehead atoms. The Morgan fingerprint density at radius 1 is 0.833 bits per heavy atom. The number of hydrogen-bond acceptors (Lipinski definition) is 2. The molecule has 2 aromatic carbocycles. The number of carbonyl (C=O) groups excluding carboxylic acids is 2. The van der Waals surface area contributed by atoms with E-state index >= 15 is 0 Å². The predicted octanol–water partition coefficient (Wildman–Crippen LogP) is 4.79. The molecule has 4 rings (SSSR count). The standard InChI is InChI=1S/C26H32N2O2/c1-18-4-10-21(11-5-18)16-28-24(29)17-27(23-14-8-20(3)9-15-23)26(30)25(28)22-12-6-19(2)7-13-22/h4-7,10-13,20,23,25H,8-9,14-17H2,1-3H3/t20?,23?,25-/m0/s1. The van der Waals surface area contributed by atoms with E-state index in [-0.39, 0.29) is 24.4 Å². The fourth-order valence-electron chi connectivity index (χ4n) is 4.75. The van der Waals surface area contributed by atoms with Crippen molar-refractivity contribution in [1.29, 1.82) is 0 Å². The van der Waals surface area contributed by atoms with E-state index in [9.17, 15) is 9.59 Å². The summed E-state index contributed by atoms with van der Waals surface area (Å²) in [6.45, 7) is 7.03. The smallest absolute Gasteiger partial charge is 0.250 e. The van der Waals surface area contributed by atoms with Crippen molar-refractivity contribution < 1.29 is 9.59 Å². The molecule has 158 valence electrons. The molecule has 4 heteroatoms. The minimum atomic E-state index is -0.549. The summed E-state index contributed by atoms with van der Waals surface area (Å²) in [7, 11) is 0. The molecule has 1 atom stereocenters. The number of amides is 2. The summed E-state index contributed by atoms with van der Waals surface area (Å²) in [4.78, 5) is 30.7. The van der Waals surface area contributed by atoms with Crippen molar-refractivity contribution in [2.75, 3.05) is 6.54 Å². The van der Waals surface area contributed by atoms with Gasteiger partial charge in [-0.3, -0.25) is 9.59 Å². The molecule has 2 amide bonds. The number of hydrogen-bond donors (Lipinski definition) is 0. The summed E-state index contributed by atoms with van der Waals surface area (Å²) >= 11 is 0. The summed E-state index contributed by atoms with van der Waals surface area (Å²) in [5.41, 5.74) is 4.29. The molecule has 0 spiro atoms. The molecule has 1 aliphatic heterocycles. The molecular formula is C26H32N2O2. The summed E-state index contributed by atoms with van der Waals surface area (Å²) in [6.07, 6.45) is 4.26. The fraction of sp³-hybridized carbons (Fsp3) is 0.462. The number of benzene rings is 2. The molecule has 1 aliphatic carbocycles. The number of carbonyl (C=O) groups is 2. The lowest BCUT2D eigenvalue weighted by Gasteiger charge is -2.45. The molecule has 1 saturated carbocycles. The van der Waals surface area contributed by atoms with Crippen LogP contribution in [0.4, 0.5) is 0 Å². The highest BCUT2D eigenvalue weighted by Crippen LogP contribution is 2.34. The summed E-state index contributed by atoms with van der Waals surface area (Å²) in [5, 5.41) is 0. The van der Waals surface area contributed by atoms with Gasteiger partial charge in [0.15, 0.2) is 0 Å². The third-order valence-electron chi connectivity index (χ3n) is 6.75. The van der Waals surface area contributed by atoms with Crippen molar-refractivity contribution in [3.05, 3.63) is 70.8 Å². The van der Waals surface area contributed by atoms with Gasteiger partial charge in [-0.25, -0.2) is 0 Å². The summed E-state index contributed by atoms with van der Waals surface area (Å²) in [6, 6.07) is 15.9. The van der Waals surface area contributed by atoms with Gasteiger partial charge >= 0.3 is 0 Å². The van der Waals surface area contributed by atoms with E-state index in [1.165, 1.54) is 5.56 Å². The first-order valence-corrected chi connectivity index (χ1v) is 11.1. The van der Waals surface area contributed by atoms with Crippen molar-refractivity contribution in [3.63, 3.8) is 0 Å². The lowest BCUT2D eigenvalue weighted by molar-refractivity contribution is -0.160. The topological polar surface area (TPSA) is 40.6 Å². The van der Waals surface area contributed by atoms with E-state index in [0.29, 0.717) is 12.5 Å². The maximum absolute atomic E-state index is 13.7. The second-order valence-corrected chi connectivity index (χ2v) is 9.20. The zero-order chi connectivity index (χ0) is 21.3. The van der Waals surface area contributed by atoms with Crippen molar-refractivity contribution in [1.82, 2.24) is 9.80 Å². The fourth-order valence-corrected chi connectivity index (χ4v) is 4.75. The monoisotopic (exact) mass is 404 g/mol. The van der Waals surface area contributed by atoms with Gasteiger partial charge in [-0.15, -0.1) is 0 Å². The van der Waals surface area contributed by atoms with E-state index in [0.717, 1.165) is 42.4 Å². The first-order chi connectivity index (χ1) is 14.4.